The van der Waals surface area contributed by atoms with Gasteiger partial charge in [-0.15, -0.1) is 0 Å². The second kappa shape index (κ2) is 8.38. The lowest BCUT2D eigenvalue weighted by molar-refractivity contribution is 0.567. The van der Waals surface area contributed by atoms with Gasteiger partial charge >= 0.3 is 6.01 Å². The lowest BCUT2D eigenvalue weighted by Gasteiger charge is -2.18. The average molecular weight is 480 g/mol. The molecule has 0 aliphatic rings. The molecule has 2 heterocycles. The second-order valence-corrected chi connectivity index (χ2v) is 9.50. The number of anilines is 1. The maximum atomic E-state index is 13.3. The molecule has 5 rings (SSSR count). The van der Waals surface area contributed by atoms with Crippen LogP contribution < -0.4 is 4.31 Å². The van der Waals surface area contributed by atoms with Gasteiger partial charge in [-0.2, -0.15) is 4.98 Å². The molecule has 2 aromatic heterocycles. The van der Waals surface area contributed by atoms with Gasteiger partial charge in [0.25, 0.3) is 10.0 Å². The van der Waals surface area contributed by atoms with E-state index in [4.69, 9.17) is 20.4 Å². The van der Waals surface area contributed by atoms with Crippen LogP contribution in [0.15, 0.2) is 92.7 Å². The Morgan fingerprint density at radius 2 is 1.70 bits per heavy atom. The van der Waals surface area contributed by atoms with Crippen molar-refractivity contribution in [2.75, 3.05) is 10.8 Å². The minimum Gasteiger partial charge on any atom is -0.436 e. The van der Waals surface area contributed by atoms with Gasteiger partial charge in [0.2, 0.25) is 5.89 Å². The van der Waals surface area contributed by atoms with Crippen LogP contribution in [0, 0.1) is 0 Å². The SMILES string of the molecule is CCN(c1nc2cc(Cl)ccc2o1)S(=O)(=O)c1ccc(-c2ncc(-c3ccccc3)o2)cc1. The molecule has 0 saturated heterocycles. The highest BCUT2D eigenvalue weighted by Crippen LogP contribution is 2.30. The highest BCUT2D eigenvalue weighted by molar-refractivity contribution is 7.92. The van der Waals surface area contributed by atoms with Crippen molar-refractivity contribution in [1.29, 1.82) is 0 Å². The second-order valence-electron chi connectivity index (χ2n) is 7.20. The fraction of sp³-hybridized carbons (Fsp3) is 0.0833. The third-order valence-electron chi connectivity index (χ3n) is 5.09. The van der Waals surface area contributed by atoms with Crippen LogP contribution in [0.2, 0.25) is 5.02 Å². The van der Waals surface area contributed by atoms with E-state index in [9.17, 15) is 8.42 Å². The lowest BCUT2D eigenvalue weighted by Crippen LogP contribution is -2.31. The van der Waals surface area contributed by atoms with Crippen molar-refractivity contribution in [3.8, 4) is 22.8 Å². The number of hydrogen-bond donors (Lipinski definition) is 0. The van der Waals surface area contributed by atoms with Gasteiger partial charge in [-0.25, -0.2) is 17.7 Å². The number of nitrogens with zero attached hydrogens (tertiary/aromatic N) is 3. The summed E-state index contributed by atoms with van der Waals surface area (Å²) in [5.41, 5.74) is 2.51. The van der Waals surface area contributed by atoms with E-state index in [1.54, 1.807) is 43.5 Å². The zero-order valence-corrected chi connectivity index (χ0v) is 19.0. The van der Waals surface area contributed by atoms with E-state index in [-0.39, 0.29) is 17.5 Å². The van der Waals surface area contributed by atoms with E-state index in [1.807, 2.05) is 30.3 Å². The molecule has 0 unspecified atom stereocenters. The van der Waals surface area contributed by atoms with E-state index in [0.29, 0.717) is 33.3 Å². The summed E-state index contributed by atoms with van der Waals surface area (Å²) in [7, 11) is -3.91. The van der Waals surface area contributed by atoms with Gasteiger partial charge in [-0.1, -0.05) is 41.9 Å². The standard InChI is InChI=1S/C24H18ClN3O4S/c1-2-28(24-27-20-14-18(25)10-13-21(20)32-24)33(29,30)19-11-8-17(9-12-19)23-26-15-22(31-23)16-6-4-3-5-7-16/h3-15H,2H2,1H3. The van der Waals surface area contributed by atoms with Gasteiger partial charge in [0.1, 0.15) is 5.52 Å². The van der Waals surface area contributed by atoms with Gasteiger partial charge in [-0.3, -0.25) is 0 Å². The highest BCUT2D eigenvalue weighted by Gasteiger charge is 2.28. The number of fused-ring (bicyclic) bond motifs is 1. The normalized spacial score (nSPS) is 11.7. The first-order valence-electron chi connectivity index (χ1n) is 10.2. The Kier molecular flexibility index (Phi) is 5.39. The number of hydrogen-bond acceptors (Lipinski definition) is 6. The van der Waals surface area contributed by atoms with Gasteiger partial charge in [0, 0.05) is 22.7 Å². The van der Waals surface area contributed by atoms with E-state index >= 15 is 0 Å². The Labute approximate surface area is 195 Å². The minimum atomic E-state index is -3.91. The molecule has 0 radical (unpaired) electrons. The van der Waals surface area contributed by atoms with Gasteiger partial charge in [-0.05, 0) is 49.4 Å². The van der Waals surface area contributed by atoms with Gasteiger partial charge < -0.3 is 8.83 Å². The Bertz CT molecular complexity index is 1530. The van der Waals surface area contributed by atoms with Crippen LogP contribution in [-0.2, 0) is 10.0 Å². The van der Waals surface area contributed by atoms with Crippen molar-refractivity contribution in [3.05, 3.63) is 84.0 Å². The molecule has 166 valence electrons. The first-order chi connectivity index (χ1) is 16.0. The molecule has 0 amide bonds. The number of oxazole rings is 2. The highest BCUT2D eigenvalue weighted by atomic mass is 35.5. The molecule has 0 aliphatic heterocycles. The molecular formula is C24H18ClN3O4S. The summed E-state index contributed by atoms with van der Waals surface area (Å²) in [5.74, 6) is 1.04. The molecule has 0 fully saturated rings. The molecular weight excluding hydrogens is 462 g/mol. The van der Waals surface area contributed by atoms with Crippen LogP contribution in [0.5, 0.6) is 0 Å². The number of benzene rings is 3. The molecule has 0 atom stereocenters. The number of rotatable bonds is 6. The third-order valence-corrected chi connectivity index (χ3v) is 7.19. The van der Waals surface area contributed by atoms with E-state index < -0.39 is 10.0 Å². The molecule has 9 heteroatoms. The quantitative estimate of drug-likeness (QED) is 0.296. The lowest BCUT2D eigenvalue weighted by atomic mass is 10.2. The average Bonchev–Trinajstić information content (AvgIpc) is 3.47. The summed E-state index contributed by atoms with van der Waals surface area (Å²) in [6.45, 7) is 1.86. The van der Waals surface area contributed by atoms with Crippen molar-refractivity contribution in [2.45, 2.75) is 11.8 Å². The summed E-state index contributed by atoms with van der Waals surface area (Å²) in [6.07, 6.45) is 1.65. The van der Waals surface area contributed by atoms with E-state index in [0.717, 1.165) is 9.87 Å². The minimum absolute atomic E-state index is 0.0148. The van der Waals surface area contributed by atoms with Crippen molar-refractivity contribution in [2.24, 2.45) is 0 Å². The first-order valence-corrected chi connectivity index (χ1v) is 12.0. The number of sulfonamides is 1. The first kappa shape index (κ1) is 21.2. The van der Waals surface area contributed by atoms with Crippen LogP contribution in [0.25, 0.3) is 33.9 Å². The molecule has 0 N–H and O–H groups in total. The van der Waals surface area contributed by atoms with Gasteiger partial charge in [0.15, 0.2) is 11.3 Å². The summed E-state index contributed by atoms with van der Waals surface area (Å²) < 4.78 is 39.3. The molecule has 5 aromatic rings. The zero-order valence-electron chi connectivity index (χ0n) is 17.5. The Morgan fingerprint density at radius 1 is 0.939 bits per heavy atom. The van der Waals surface area contributed by atoms with Crippen LogP contribution in [0.3, 0.4) is 0 Å². The van der Waals surface area contributed by atoms with Crippen molar-refractivity contribution < 1.29 is 17.3 Å². The van der Waals surface area contributed by atoms with Crippen molar-refractivity contribution in [1.82, 2.24) is 9.97 Å². The number of halogens is 1. The Hall–Kier alpha value is -3.62. The monoisotopic (exact) mass is 479 g/mol. The molecule has 0 bridgehead atoms. The summed E-state index contributed by atoms with van der Waals surface area (Å²) >= 11 is 6.00. The fourth-order valence-electron chi connectivity index (χ4n) is 3.44. The predicted molar refractivity (Wildman–Crippen MR) is 127 cm³/mol. The van der Waals surface area contributed by atoms with Crippen molar-refractivity contribution >= 4 is 38.7 Å². The maximum absolute atomic E-state index is 13.3. The van der Waals surface area contributed by atoms with E-state index in [2.05, 4.69) is 9.97 Å². The third kappa shape index (κ3) is 3.99. The molecule has 3 aromatic carbocycles. The van der Waals surface area contributed by atoms with Crippen molar-refractivity contribution in [3.63, 3.8) is 0 Å². The van der Waals surface area contributed by atoms with Crippen LogP contribution >= 0.6 is 11.6 Å². The fourth-order valence-corrected chi connectivity index (χ4v) is 4.97. The van der Waals surface area contributed by atoms with Crippen LogP contribution in [0.1, 0.15) is 6.92 Å². The van der Waals surface area contributed by atoms with Gasteiger partial charge in [0.05, 0.1) is 11.1 Å². The summed E-state index contributed by atoms with van der Waals surface area (Å²) in [4.78, 5) is 8.73. The molecule has 0 aliphatic carbocycles. The smallest absolute Gasteiger partial charge is 0.312 e. The topological polar surface area (TPSA) is 89.4 Å². The Morgan fingerprint density at radius 3 is 2.42 bits per heavy atom. The predicted octanol–water partition coefficient (Wildman–Crippen LogP) is 6.02. The number of aromatic nitrogens is 2. The summed E-state index contributed by atoms with van der Waals surface area (Å²) in [5, 5.41) is 0.491. The zero-order chi connectivity index (χ0) is 23.0. The van der Waals surface area contributed by atoms with E-state index in [1.165, 1.54) is 12.1 Å². The van der Waals surface area contributed by atoms with Crippen LogP contribution in [0.4, 0.5) is 6.01 Å². The molecule has 33 heavy (non-hydrogen) atoms. The molecule has 0 saturated carbocycles. The Balaban J connectivity index is 1.44. The van der Waals surface area contributed by atoms with Crippen LogP contribution in [-0.4, -0.2) is 24.9 Å². The molecule has 7 nitrogen and oxygen atoms in total. The maximum Gasteiger partial charge on any atom is 0.312 e. The molecule has 0 spiro atoms. The largest absolute Gasteiger partial charge is 0.436 e. The summed E-state index contributed by atoms with van der Waals surface area (Å²) in [6, 6.07) is 20.9.